The third-order valence-electron chi connectivity index (χ3n) is 3.41. The first-order chi connectivity index (χ1) is 11.8. The van der Waals surface area contributed by atoms with Crippen molar-refractivity contribution in [2.24, 2.45) is 5.10 Å². The molecule has 128 valence electrons. The Hall–Kier alpha value is -2.69. The quantitative estimate of drug-likeness (QED) is 0.564. The zero-order chi connectivity index (χ0) is 17.2. The van der Waals surface area contributed by atoms with Crippen LogP contribution in [0.4, 0.5) is 0 Å². The van der Waals surface area contributed by atoms with Crippen molar-refractivity contribution < 1.29 is 14.2 Å². The molecule has 0 spiro atoms. The van der Waals surface area contributed by atoms with Crippen LogP contribution in [0.3, 0.4) is 0 Å². The summed E-state index contributed by atoms with van der Waals surface area (Å²) in [7, 11) is 3.25. The van der Waals surface area contributed by atoms with Crippen molar-refractivity contribution in [2.75, 3.05) is 20.8 Å². The summed E-state index contributed by atoms with van der Waals surface area (Å²) in [6.07, 6.45) is 2.74. The number of methoxy groups -OCH3 is 2. The fourth-order valence-corrected chi connectivity index (χ4v) is 2.17. The molecule has 0 unspecified atom stereocenters. The Bertz CT molecular complexity index is 671. The maximum atomic E-state index is 5.71. The number of nitrogens with one attached hydrogen (secondary N) is 1. The lowest BCUT2D eigenvalue weighted by Gasteiger charge is -2.09. The number of nitrogens with zero attached hydrogens (tertiary/aromatic N) is 1. The highest BCUT2D eigenvalue weighted by atomic mass is 16.5. The molecule has 5 nitrogen and oxygen atoms in total. The van der Waals surface area contributed by atoms with Crippen molar-refractivity contribution in [1.29, 1.82) is 0 Å². The van der Waals surface area contributed by atoms with Gasteiger partial charge < -0.3 is 19.6 Å². The molecule has 0 atom stereocenters. The van der Waals surface area contributed by atoms with Crippen LogP contribution in [0, 0.1) is 0 Å². The van der Waals surface area contributed by atoms with Gasteiger partial charge in [-0.15, -0.1) is 0 Å². The van der Waals surface area contributed by atoms with Crippen LogP contribution in [0.15, 0.2) is 47.6 Å². The summed E-state index contributed by atoms with van der Waals surface area (Å²) >= 11 is 0. The third kappa shape index (κ3) is 4.91. The van der Waals surface area contributed by atoms with E-state index in [1.807, 2.05) is 42.5 Å². The monoisotopic (exact) mass is 328 g/mol. The molecule has 0 bridgehead atoms. The topological polar surface area (TPSA) is 52.1 Å². The largest absolute Gasteiger partial charge is 0.493 e. The van der Waals surface area contributed by atoms with Crippen molar-refractivity contribution >= 4 is 6.21 Å². The number of hydrogen-bond acceptors (Lipinski definition) is 5. The standard InChI is InChI=1S/C19H24N2O3/c1-4-11-24-17-8-6-5-7-16(17)14-21-20-13-15-9-10-18(22-2)19(12-15)23-3/h5-10,12,14,20H,4,11,13H2,1-3H3/b21-14+. The van der Waals surface area contributed by atoms with Crippen LogP contribution in [-0.4, -0.2) is 27.0 Å². The van der Waals surface area contributed by atoms with Gasteiger partial charge in [-0.2, -0.15) is 5.10 Å². The van der Waals surface area contributed by atoms with Gasteiger partial charge in [-0.25, -0.2) is 0 Å². The summed E-state index contributed by atoms with van der Waals surface area (Å²) in [5, 5.41) is 4.28. The Balaban J connectivity index is 1.95. The van der Waals surface area contributed by atoms with Gasteiger partial charge in [0, 0.05) is 5.56 Å². The molecule has 1 N–H and O–H groups in total. The van der Waals surface area contributed by atoms with Crippen molar-refractivity contribution in [1.82, 2.24) is 5.43 Å². The molecule has 2 rings (SSSR count). The van der Waals surface area contributed by atoms with Gasteiger partial charge in [-0.1, -0.05) is 25.1 Å². The maximum Gasteiger partial charge on any atom is 0.161 e. The average Bonchev–Trinajstić information content (AvgIpc) is 2.64. The molecule has 0 aliphatic carbocycles. The van der Waals surface area contributed by atoms with Crippen LogP contribution in [-0.2, 0) is 6.54 Å². The summed E-state index contributed by atoms with van der Waals surface area (Å²) < 4.78 is 16.2. The van der Waals surface area contributed by atoms with Crippen molar-refractivity contribution in [3.8, 4) is 17.2 Å². The molecule has 0 radical (unpaired) electrons. The molecule has 2 aromatic carbocycles. The second-order valence-electron chi connectivity index (χ2n) is 5.17. The molecule has 0 fully saturated rings. The molecular formula is C19H24N2O3. The molecule has 0 heterocycles. The summed E-state index contributed by atoms with van der Waals surface area (Å²) in [5.74, 6) is 2.27. The van der Waals surface area contributed by atoms with Crippen molar-refractivity contribution in [3.63, 3.8) is 0 Å². The molecular weight excluding hydrogens is 304 g/mol. The van der Waals surface area contributed by atoms with Gasteiger partial charge in [-0.05, 0) is 36.2 Å². The lowest BCUT2D eigenvalue weighted by molar-refractivity contribution is 0.317. The van der Waals surface area contributed by atoms with E-state index in [2.05, 4.69) is 17.5 Å². The molecule has 2 aromatic rings. The minimum absolute atomic E-state index is 0.592. The van der Waals surface area contributed by atoms with E-state index in [0.717, 1.165) is 23.3 Å². The summed E-state index contributed by atoms with van der Waals surface area (Å²) in [4.78, 5) is 0. The van der Waals surface area contributed by atoms with E-state index < -0.39 is 0 Å². The number of rotatable bonds is 9. The number of benzene rings is 2. The Morgan fingerprint density at radius 3 is 2.54 bits per heavy atom. The number of hydrogen-bond donors (Lipinski definition) is 1. The fourth-order valence-electron chi connectivity index (χ4n) is 2.17. The Morgan fingerprint density at radius 1 is 1.00 bits per heavy atom. The first-order valence-corrected chi connectivity index (χ1v) is 7.97. The van der Waals surface area contributed by atoms with Crippen LogP contribution in [0.25, 0.3) is 0 Å². The average molecular weight is 328 g/mol. The van der Waals surface area contributed by atoms with Gasteiger partial charge in [0.15, 0.2) is 11.5 Å². The van der Waals surface area contributed by atoms with Gasteiger partial charge in [0.25, 0.3) is 0 Å². The predicted molar refractivity (Wildman–Crippen MR) is 96.2 cm³/mol. The van der Waals surface area contributed by atoms with Crippen LogP contribution in [0.2, 0.25) is 0 Å². The predicted octanol–water partition coefficient (Wildman–Crippen LogP) is 3.62. The summed E-state index contributed by atoms with van der Waals surface area (Å²) in [6.45, 7) is 3.38. The second kappa shape index (κ2) is 9.45. The minimum atomic E-state index is 0.592. The van der Waals surface area contributed by atoms with E-state index in [1.165, 1.54) is 0 Å². The zero-order valence-corrected chi connectivity index (χ0v) is 14.4. The highest BCUT2D eigenvalue weighted by Gasteiger charge is 2.04. The smallest absolute Gasteiger partial charge is 0.161 e. The normalized spacial score (nSPS) is 10.6. The SMILES string of the molecule is CCCOc1ccccc1/C=N/NCc1ccc(OC)c(OC)c1. The highest BCUT2D eigenvalue weighted by Crippen LogP contribution is 2.27. The maximum absolute atomic E-state index is 5.71. The van der Waals surface area contributed by atoms with E-state index in [1.54, 1.807) is 20.4 Å². The molecule has 0 amide bonds. The van der Waals surface area contributed by atoms with Gasteiger partial charge in [0.05, 0.1) is 33.6 Å². The highest BCUT2D eigenvalue weighted by molar-refractivity contribution is 5.83. The van der Waals surface area contributed by atoms with Crippen molar-refractivity contribution in [3.05, 3.63) is 53.6 Å². The van der Waals surface area contributed by atoms with Crippen LogP contribution in [0.1, 0.15) is 24.5 Å². The Labute approximate surface area is 143 Å². The van der Waals surface area contributed by atoms with E-state index >= 15 is 0 Å². The lowest BCUT2D eigenvalue weighted by atomic mass is 10.2. The Morgan fingerprint density at radius 2 is 1.79 bits per heavy atom. The number of hydrazone groups is 1. The Kier molecular flexibility index (Phi) is 6.95. The molecule has 0 aromatic heterocycles. The first-order valence-electron chi connectivity index (χ1n) is 7.97. The number of ether oxygens (including phenoxy) is 3. The van der Waals surface area contributed by atoms with Crippen molar-refractivity contribution in [2.45, 2.75) is 19.9 Å². The fraction of sp³-hybridized carbons (Fsp3) is 0.316. The lowest BCUT2D eigenvalue weighted by Crippen LogP contribution is -2.06. The zero-order valence-electron chi connectivity index (χ0n) is 14.4. The number of para-hydroxylation sites is 1. The van der Waals surface area contributed by atoms with Gasteiger partial charge >= 0.3 is 0 Å². The molecule has 0 aliphatic rings. The minimum Gasteiger partial charge on any atom is -0.493 e. The van der Waals surface area contributed by atoms with E-state index in [9.17, 15) is 0 Å². The van der Waals surface area contributed by atoms with E-state index in [0.29, 0.717) is 24.7 Å². The van der Waals surface area contributed by atoms with E-state index in [-0.39, 0.29) is 0 Å². The molecule has 0 saturated heterocycles. The molecule has 5 heteroatoms. The van der Waals surface area contributed by atoms with E-state index in [4.69, 9.17) is 14.2 Å². The van der Waals surface area contributed by atoms with Crippen LogP contribution < -0.4 is 19.6 Å². The van der Waals surface area contributed by atoms with Crippen LogP contribution in [0.5, 0.6) is 17.2 Å². The third-order valence-corrected chi connectivity index (χ3v) is 3.41. The van der Waals surface area contributed by atoms with Gasteiger partial charge in [-0.3, -0.25) is 0 Å². The second-order valence-corrected chi connectivity index (χ2v) is 5.17. The first kappa shape index (κ1) is 17.7. The molecule has 0 aliphatic heterocycles. The summed E-state index contributed by atoms with van der Waals surface area (Å²) in [6, 6.07) is 13.6. The summed E-state index contributed by atoms with van der Waals surface area (Å²) in [5.41, 5.74) is 5.05. The van der Waals surface area contributed by atoms with Crippen LogP contribution >= 0.6 is 0 Å². The van der Waals surface area contributed by atoms with Gasteiger partial charge in [0.2, 0.25) is 0 Å². The van der Waals surface area contributed by atoms with Gasteiger partial charge in [0.1, 0.15) is 5.75 Å². The molecule has 24 heavy (non-hydrogen) atoms. The molecule has 0 saturated carbocycles.